The summed E-state index contributed by atoms with van der Waals surface area (Å²) in [5.41, 5.74) is 7.39. The van der Waals surface area contributed by atoms with Gasteiger partial charge in [-0.25, -0.2) is 4.79 Å². The first-order valence-electron chi connectivity index (χ1n) is 6.34. The molecule has 6 nitrogen and oxygen atoms in total. The molecule has 2 aromatic carbocycles. The van der Waals surface area contributed by atoms with E-state index in [1.165, 1.54) is 12.1 Å². The Hall–Kier alpha value is -2.60. The van der Waals surface area contributed by atoms with Crippen LogP contribution >= 0.6 is 12.4 Å². The number of anilines is 1. The maximum absolute atomic E-state index is 11.6. The fourth-order valence-electron chi connectivity index (χ4n) is 1.89. The first kappa shape index (κ1) is 17.5. The zero-order valence-electron chi connectivity index (χ0n) is 11.8. The SMILES string of the molecule is CCOC(=O)c1ccc(-c2ccc(N)c([N+](=O)[O-])c2)cc1.Cl. The van der Waals surface area contributed by atoms with E-state index in [0.29, 0.717) is 17.7 Å². The first-order chi connectivity index (χ1) is 10.0. The molecule has 0 unspecified atom stereocenters. The summed E-state index contributed by atoms with van der Waals surface area (Å²) in [5.74, 6) is -0.396. The van der Waals surface area contributed by atoms with E-state index in [1.54, 1.807) is 37.3 Å². The maximum atomic E-state index is 11.6. The molecule has 0 spiro atoms. The Morgan fingerprint density at radius 3 is 2.32 bits per heavy atom. The molecule has 0 radical (unpaired) electrons. The zero-order valence-corrected chi connectivity index (χ0v) is 12.6. The van der Waals surface area contributed by atoms with Gasteiger partial charge in [-0.15, -0.1) is 12.4 Å². The number of nitrogens with two attached hydrogens (primary N) is 1. The van der Waals surface area contributed by atoms with Crippen LogP contribution in [-0.4, -0.2) is 17.5 Å². The molecular weight excluding hydrogens is 308 g/mol. The number of hydrogen-bond donors (Lipinski definition) is 1. The molecular formula is C15H15ClN2O4. The molecule has 0 saturated heterocycles. The van der Waals surface area contributed by atoms with E-state index >= 15 is 0 Å². The molecule has 2 aromatic rings. The van der Waals surface area contributed by atoms with Crippen molar-refractivity contribution in [3.05, 3.63) is 58.1 Å². The summed E-state index contributed by atoms with van der Waals surface area (Å²) in [4.78, 5) is 21.9. The fraction of sp³-hybridized carbons (Fsp3) is 0.133. The Bertz CT molecular complexity index is 686. The highest BCUT2D eigenvalue weighted by Gasteiger charge is 2.13. The predicted molar refractivity (Wildman–Crippen MR) is 86.1 cm³/mol. The number of ether oxygens (including phenoxy) is 1. The number of halogens is 1. The minimum Gasteiger partial charge on any atom is -0.462 e. The number of rotatable bonds is 4. The summed E-state index contributed by atoms with van der Waals surface area (Å²) < 4.78 is 4.90. The van der Waals surface area contributed by atoms with E-state index in [9.17, 15) is 14.9 Å². The second-order valence-corrected chi connectivity index (χ2v) is 4.33. The van der Waals surface area contributed by atoms with Crippen LogP contribution in [0.1, 0.15) is 17.3 Å². The van der Waals surface area contributed by atoms with Crippen molar-refractivity contribution < 1.29 is 14.5 Å². The van der Waals surface area contributed by atoms with Crippen LogP contribution in [0.25, 0.3) is 11.1 Å². The van der Waals surface area contributed by atoms with Crippen LogP contribution in [0, 0.1) is 10.1 Å². The molecule has 0 amide bonds. The van der Waals surface area contributed by atoms with Crippen molar-refractivity contribution in [1.29, 1.82) is 0 Å². The number of nitro groups is 1. The molecule has 0 aliphatic heterocycles. The summed E-state index contributed by atoms with van der Waals surface area (Å²) in [6.45, 7) is 2.05. The van der Waals surface area contributed by atoms with Gasteiger partial charge in [0.2, 0.25) is 0 Å². The molecule has 0 atom stereocenters. The van der Waals surface area contributed by atoms with Crippen LogP contribution < -0.4 is 5.73 Å². The van der Waals surface area contributed by atoms with Gasteiger partial charge in [-0.2, -0.15) is 0 Å². The average Bonchev–Trinajstić information content (AvgIpc) is 2.48. The number of hydrogen-bond acceptors (Lipinski definition) is 5. The third-order valence-electron chi connectivity index (χ3n) is 2.96. The highest BCUT2D eigenvalue weighted by molar-refractivity contribution is 5.90. The quantitative estimate of drug-likeness (QED) is 0.402. The monoisotopic (exact) mass is 322 g/mol. The molecule has 0 heterocycles. The molecule has 0 saturated carbocycles. The third kappa shape index (κ3) is 3.73. The van der Waals surface area contributed by atoms with Gasteiger partial charge in [0.05, 0.1) is 17.1 Å². The summed E-state index contributed by atoms with van der Waals surface area (Å²) in [6, 6.07) is 11.3. The summed E-state index contributed by atoms with van der Waals surface area (Å²) in [7, 11) is 0. The van der Waals surface area contributed by atoms with Crippen LogP contribution in [0.2, 0.25) is 0 Å². The standard InChI is InChI=1S/C15H14N2O4.ClH/c1-2-21-15(18)11-5-3-10(4-6-11)12-7-8-13(16)14(9-12)17(19)20;/h3-9H,2,16H2,1H3;1H. The number of benzene rings is 2. The van der Waals surface area contributed by atoms with Gasteiger partial charge in [-0.1, -0.05) is 18.2 Å². The highest BCUT2D eigenvalue weighted by atomic mass is 35.5. The number of carbonyl (C=O) groups is 1. The lowest BCUT2D eigenvalue weighted by Gasteiger charge is -2.05. The van der Waals surface area contributed by atoms with Gasteiger partial charge < -0.3 is 10.5 Å². The van der Waals surface area contributed by atoms with Gasteiger partial charge in [0, 0.05) is 6.07 Å². The Morgan fingerprint density at radius 2 is 1.77 bits per heavy atom. The molecule has 0 bridgehead atoms. The average molecular weight is 323 g/mol. The smallest absolute Gasteiger partial charge is 0.338 e. The summed E-state index contributed by atoms with van der Waals surface area (Å²) >= 11 is 0. The van der Waals surface area contributed by atoms with Gasteiger partial charge in [0.15, 0.2) is 0 Å². The van der Waals surface area contributed by atoms with Crippen LogP contribution in [0.15, 0.2) is 42.5 Å². The Morgan fingerprint density at radius 1 is 1.18 bits per heavy atom. The molecule has 0 aliphatic rings. The molecule has 0 fully saturated rings. The topological polar surface area (TPSA) is 95.5 Å². The predicted octanol–water partition coefficient (Wildman–Crippen LogP) is 3.44. The van der Waals surface area contributed by atoms with E-state index in [-0.39, 0.29) is 23.8 Å². The van der Waals surface area contributed by atoms with Crippen LogP contribution in [0.5, 0.6) is 0 Å². The molecule has 7 heteroatoms. The number of carbonyl (C=O) groups excluding carboxylic acids is 1. The minimum absolute atomic E-state index is 0. The van der Waals surface area contributed by atoms with Crippen LogP contribution in [0.3, 0.4) is 0 Å². The van der Waals surface area contributed by atoms with Crippen molar-refractivity contribution in [3.63, 3.8) is 0 Å². The van der Waals surface area contributed by atoms with Gasteiger partial charge in [0.1, 0.15) is 5.69 Å². The molecule has 2 rings (SSSR count). The van der Waals surface area contributed by atoms with Gasteiger partial charge in [-0.3, -0.25) is 10.1 Å². The Kier molecular flexibility index (Phi) is 5.89. The molecule has 2 N–H and O–H groups in total. The largest absolute Gasteiger partial charge is 0.462 e. The molecule has 116 valence electrons. The van der Waals surface area contributed by atoms with E-state index < -0.39 is 10.9 Å². The fourth-order valence-corrected chi connectivity index (χ4v) is 1.89. The van der Waals surface area contributed by atoms with E-state index in [1.807, 2.05) is 0 Å². The molecule has 0 aliphatic carbocycles. The van der Waals surface area contributed by atoms with Crippen molar-refractivity contribution in [1.82, 2.24) is 0 Å². The van der Waals surface area contributed by atoms with Gasteiger partial charge in [0.25, 0.3) is 5.69 Å². The lowest BCUT2D eigenvalue weighted by molar-refractivity contribution is -0.383. The number of nitrogens with zero attached hydrogens (tertiary/aromatic N) is 1. The molecule has 22 heavy (non-hydrogen) atoms. The van der Waals surface area contributed by atoms with Crippen LogP contribution in [0.4, 0.5) is 11.4 Å². The van der Waals surface area contributed by atoms with Crippen molar-refractivity contribution in [2.75, 3.05) is 12.3 Å². The number of esters is 1. The van der Waals surface area contributed by atoms with E-state index in [0.717, 1.165) is 5.56 Å². The van der Waals surface area contributed by atoms with Crippen molar-refractivity contribution in [3.8, 4) is 11.1 Å². The lowest BCUT2D eigenvalue weighted by Crippen LogP contribution is -2.04. The van der Waals surface area contributed by atoms with Crippen molar-refractivity contribution in [2.24, 2.45) is 0 Å². The number of nitro benzene ring substituents is 1. The van der Waals surface area contributed by atoms with Crippen LogP contribution in [-0.2, 0) is 4.74 Å². The first-order valence-corrected chi connectivity index (χ1v) is 6.34. The normalized spacial score (nSPS) is 9.68. The van der Waals surface area contributed by atoms with Crippen molar-refractivity contribution >= 4 is 29.8 Å². The minimum atomic E-state index is -0.522. The van der Waals surface area contributed by atoms with E-state index in [4.69, 9.17) is 10.5 Å². The maximum Gasteiger partial charge on any atom is 0.338 e. The second-order valence-electron chi connectivity index (χ2n) is 4.33. The second kappa shape index (κ2) is 7.42. The number of nitrogen functional groups attached to an aromatic ring is 1. The van der Waals surface area contributed by atoms with Gasteiger partial charge >= 0.3 is 5.97 Å². The highest BCUT2D eigenvalue weighted by Crippen LogP contribution is 2.28. The van der Waals surface area contributed by atoms with Gasteiger partial charge in [-0.05, 0) is 36.2 Å². The Balaban J connectivity index is 0.00000242. The summed E-state index contributed by atoms with van der Waals surface area (Å²) in [6.07, 6.45) is 0. The third-order valence-corrected chi connectivity index (χ3v) is 2.96. The molecule has 0 aromatic heterocycles. The van der Waals surface area contributed by atoms with Crippen molar-refractivity contribution in [2.45, 2.75) is 6.92 Å². The zero-order chi connectivity index (χ0) is 15.4. The Labute approximate surface area is 133 Å². The summed E-state index contributed by atoms with van der Waals surface area (Å²) in [5, 5.41) is 10.9. The van der Waals surface area contributed by atoms with E-state index in [2.05, 4.69) is 0 Å². The lowest BCUT2D eigenvalue weighted by atomic mass is 10.0.